The van der Waals surface area contributed by atoms with E-state index in [1.165, 1.54) is 97.4 Å². The number of para-hydroxylation sites is 4. The van der Waals surface area contributed by atoms with Crippen LogP contribution in [0.25, 0.3) is 97.4 Å². The molecular formula is C48H30N2S. The van der Waals surface area contributed by atoms with Gasteiger partial charge in [-0.2, -0.15) is 0 Å². The van der Waals surface area contributed by atoms with E-state index in [-0.39, 0.29) is 0 Å². The highest BCUT2D eigenvalue weighted by Gasteiger charge is 2.21. The first kappa shape index (κ1) is 28.4. The average Bonchev–Trinajstić information content (AvgIpc) is 3.86. The fourth-order valence-electron chi connectivity index (χ4n) is 8.41. The molecule has 0 aliphatic heterocycles. The molecule has 0 spiro atoms. The van der Waals surface area contributed by atoms with Crippen LogP contribution in [0.5, 0.6) is 0 Å². The van der Waals surface area contributed by atoms with Crippen LogP contribution in [0.3, 0.4) is 0 Å². The minimum Gasteiger partial charge on any atom is -0.309 e. The number of nitrogens with zero attached hydrogens (tertiary/aromatic N) is 2. The van der Waals surface area contributed by atoms with Crippen molar-refractivity contribution in [2.24, 2.45) is 0 Å². The molecule has 51 heavy (non-hydrogen) atoms. The van der Waals surface area contributed by atoms with E-state index >= 15 is 0 Å². The quantitative estimate of drug-likeness (QED) is 0.177. The first-order chi connectivity index (χ1) is 25.3. The summed E-state index contributed by atoms with van der Waals surface area (Å²) in [7, 11) is 0. The van der Waals surface area contributed by atoms with Gasteiger partial charge in [0.15, 0.2) is 0 Å². The number of fused-ring (bicyclic) bond motifs is 9. The van der Waals surface area contributed by atoms with Crippen LogP contribution >= 0.6 is 11.3 Å². The molecule has 238 valence electrons. The van der Waals surface area contributed by atoms with Crippen molar-refractivity contribution >= 4 is 75.1 Å². The molecule has 3 heteroatoms. The van der Waals surface area contributed by atoms with Crippen LogP contribution in [0.15, 0.2) is 182 Å². The second-order valence-electron chi connectivity index (χ2n) is 13.3. The first-order valence-electron chi connectivity index (χ1n) is 17.4. The zero-order valence-electron chi connectivity index (χ0n) is 27.6. The molecule has 3 aromatic heterocycles. The third kappa shape index (κ3) is 4.16. The minimum atomic E-state index is 1.17. The van der Waals surface area contributed by atoms with E-state index in [1.54, 1.807) is 0 Å². The Morgan fingerprint density at radius 1 is 0.333 bits per heavy atom. The maximum absolute atomic E-state index is 2.48. The van der Waals surface area contributed by atoms with Gasteiger partial charge < -0.3 is 9.13 Å². The second kappa shape index (κ2) is 11.0. The maximum Gasteiger partial charge on any atom is 0.0547 e. The van der Waals surface area contributed by atoms with Gasteiger partial charge in [0.2, 0.25) is 0 Å². The van der Waals surface area contributed by atoms with Crippen molar-refractivity contribution in [2.45, 2.75) is 0 Å². The molecule has 11 rings (SSSR count). The van der Waals surface area contributed by atoms with Crippen LogP contribution in [-0.2, 0) is 0 Å². The molecule has 0 atom stereocenters. The number of benzene rings is 8. The van der Waals surface area contributed by atoms with Crippen molar-refractivity contribution in [3.63, 3.8) is 0 Å². The van der Waals surface area contributed by atoms with E-state index in [2.05, 4.69) is 191 Å². The van der Waals surface area contributed by atoms with Crippen LogP contribution in [-0.4, -0.2) is 9.13 Å². The van der Waals surface area contributed by atoms with Gasteiger partial charge in [-0.25, -0.2) is 0 Å². The topological polar surface area (TPSA) is 9.86 Å². The fourth-order valence-corrected chi connectivity index (χ4v) is 9.54. The second-order valence-corrected chi connectivity index (χ2v) is 14.4. The number of hydrogen-bond acceptors (Lipinski definition) is 1. The lowest BCUT2D eigenvalue weighted by atomic mass is 9.97. The van der Waals surface area contributed by atoms with Gasteiger partial charge in [-0.05, 0) is 71.3 Å². The van der Waals surface area contributed by atoms with Gasteiger partial charge in [0, 0.05) is 53.0 Å². The summed E-state index contributed by atoms with van der Waals surface area (Å²) in [5, 5.41) is 7.69. The van der Waals surface area contributed by atoms with Gasteiger partial charge in [-0.3, -0.25) is 0 Å². The van der Waals surface area contributed by atoms with Crippen LogP contribution < -0.4 is 0 Å². The van der Waals surface area contributed by atoms with Crippen molar-refractivity contribution in [3.05, 3.63) is 182 Å². The predicted octanol–water partition coefficient (Wildman–Crippen LogP) is 13.6. The molecule has 0 amide bonds. The van der Waals surface area contributed by atoms with Gasteiger partial charge in [0.25, 0.3) is 0 Å². The van der Waals surface area contributed by atoms with Gasteiger partial charge in [-0.15, -0.1) is 11.3 Å². The van der Waals surface area contributed by atoms with E-state index in [0.717, 1.165) is 0 Å². The average molecular weight is 667 g/mol. The number of rotatable bonds is 4. The van der Waals surface area contributed by atoms with E-state index < -0.39 is 0 Å². The SMILES string of the molecule is c1ccc(-n2c3ccccc3c3ccc(-c4cccc5c4c4ccccc4n5-c4ccccc4-c4cccc5sc6ccccc6c45)cc32)cc1. The van der Waals surface area contributed by atoms with Gasteiger partial charge in [0.1, 0.15) is 0 Å². The lowest BCUT2D eigenvalue weighted by molar-refractivity contribution is 1.18. The Balaban J connectivity index is 1.19. The molecule has 0 aliphatic carbocycles. The van der Waals surface area contributed by atoms with Crippen LogP contribution in [0.2, 0.25) is 0 Å². The van der Waals surface area contributed by atoms with E-state index in [4.69, 9.17) is 0 Å². The predicted molar refractivity (Wildman–Crippen MR) is 219 cm³/mol. The number of thiophene rings is 1. The van der Waals surface area contributed by atoms with E-state index in [1.807, 2.05) is 11.3 Å². The smallest absolute Gasteiger partial charge is 0.0547 e. The Hall–Kier alpha value is -6.42. The Morgan fingerprint density at radius 2 is 0.941 bits per heavy atom. The molecule has 3 heterocycles. The Labute approximate surface area is 298 Å². The molecule has 2 nitrogen and oxygen atoms in total. The zero-order chi connectivity index (χ0) is 33.5. The van der Waals surface area contributed by atoms with Crippen molar-refractivity contribution < 1.29 is 0 Å². The third-order valence-electron chi connectivity index (χ3n) is 10.5. The molecule has 0 fully saturated rings. The summed E-state index contributed by atoms with van der Waals surface area (Å²) >= 11 is 1.87. The van der Waals surface area contributed by atoms with Crippen molar-refractivity contribution in [1.29, 1.82) is 0 Å². The fraction of sp³-hybridized carbons (Fsp3) is 0. The highest BCUT2D eigenvalue weighted by molar-refractivity contribution is 7.25. The van der Waals surface area contributed by atoms with Gasteiger partial charge in [-0.1, -0.05) is 127 Å². The molecule has 0 bridgehead atoms. The maximum atomic E-state index is 2.48. The molecular weight excluding hydrogens is 637 g/mol. The highest BCUT2D eigenvalue weighted by atomic mass is 32.1. The highest BCUT2D eigenvalue weighted by Crippen LogP contribution is 2.45. The lowest BCUT2D eigenvalue weighted by Crippen LogP contribution is -1.97. The molecule has 0 aliphatic rings. The summed E-state index contributed by atoms with van der Waals surface area (Å²) in [4.78, 5) is 0. The number of hydrogen-bond donors (Lipinski definition) is 0. The first-order valence-corrected chi connectivity index (χ1v) is 18.3. The molecule has 0 unspecified atom stereocenters. The van der Waals surface area contributed by atoms with E-state index in [9.17, 15) is 0 Å². The third-order valence-corrected chi connectivity index (χ3v) is 11.7. The molecule has 0 saturated carbocycles. The molecule has 11 aromatic rings. The normalized spacial score (nSPS) is 11.9. The zero-order valence-corrected chi connectivity index (χ0v) is 28.4. The van der Waals surface area contributed by atoms with Crippen molar-refractivity contribution in [2.75, 3.05) is 0 Å². The van der Waals surface area contributed by atoms with Crippen LogP contribution in [0.1, 0.15) is 0 Å². The minimum absolute atomic E-state index is 1.17. The Bertz CT molecular complexity index is 3140. The summed E-state index contributed by atoms with van der Waals surface area (Å²) in [5.41, 5.74) is 12.1. The van der Waals surface area contributed by atoms with Crippen LogP contribution in [0, 0.1) is 0 Å². The van der Waals surface area contributed by atoms with Gasteiger partial charge >= 0.3 is 0 Å². The summed E-state index contributed by atoms with van der Waals surface area (Å²) < 4.78 is 7.53. The lowest BCUT2D eigenvalue weighted by Gasteiger charge is -2.15. The molecule has 8 aromatic carbocycles. The summed E-state index contributed by atoms with van der Waals surface area (Å²) in [6.07, 6.45) is 0. The molecule has 0 saturated heterocycles. The number of aromatic nitrogens is 2. The summed E-state index contributed by atoms with van der Waals surface area (Å²) in [6.45, 7) is 0. The Morgan fingerprint density at radius 3 is 1.82 bits per heavy atom. The monoisotopic (exact) mass is 666 g/mol. The Kier molecular flexibility index (Phi) is 6.16. The molecule has 0 N–H and O–H groups in total. The van der Waals surface area contributed by atoms with Crippen molar-refractivity contribution in [1.82, 2.24) is 9.13 Å². The largest absolute Gasteiger partial charge is 0.309 e. The summed E-state index contributed by atoms with van der Waals surface area (Å²) in [6, 6.07) is 66.6. The summed E-state index contributed by atoms with van der Waals surface area (Å²) in [5.74, 6) is 0. The molecule has 0 radical (unpaired) electrons. The van der Waals surface area contributed by atoms with Gasteiger partial charge in [0.05, 0.1) is 27.8 Å². The van der Waals surface area contributed by atoms with Crippen LogP contribution in [0.4, 0.5) is 0 Å². The van der Waals surface area contributed by atoms with E-state index in [0.29, 0.717) is 0 Å². The van der Waals surface area contributed by atoms with Crippen molar-refractivity contribution in [3.8, 4) is 33.6 Å². The standard InChI is InChI=1S/C48H30N2S/c1-2-14-32(15-3-1)49-40-22-8-4-16-34(40)36-29-28-31(30-44(36)49)33-20-12-25-43-47(33)38-18-6-10-24-42(38)50(43)41-23-9-5-17-35(41)37-21-13-27-46-48(37)39-19-7-11-26-45(39)51-46/h1-30H.